The third kappa shape index (κ3) is 6.56. The molecule has 25 heavy (non-hydrogen) atoms. The highest BCUT2D eigenvalue weighted by Crippen LogP contribution is 2.16. The van der Waals surface area contributed by atoms with E-state index in [2.05, 4.69) is 10.6 Å². The van der Waals surface area contributed by atoms with Gasteiger partial charge in [0.05, 0.1) is 5.75 Å². The summed E-state index contributed by atoms with van der Waals surface area (Å²) in [6, 6.07) is 12.9. The molecule has 8 heteroatoms. The number of amides is 2. The summed E-state index contributed by atoms with van der Waals surface area (Å²) in [6.45, 7) is 1.37. The molecule has 0 fully saturated rings. The molecule has 0 aliphatic heterocycles. The fraction of sp³-hybridized carbons (Fsp3) is 0.176. The first-order valence-corrected chi connectivity index (χ1v) is 9.56. The smallest absolute Gasteiger partial charge is 0.239 e. The van der Waals surface area contributed by atoms with E-state index in [9.17, 15) is 18.0 Å². The standard InChI is InChI=1S/C17H17ClN2O4S/c1-12(21)19-15-3-2-4-16(9-15)20-17(22)11-25(23,24)10-13-5-7-14(18)8-6-13/h2-9H,10-11H2,1H3,(H,19,21)(H,20,22). The number of hydrogen-bond acceptors (Lipinski definition) is 4. The summed E-state index contributed by atoms with van der Waals surface area (Å²) in [4.78, 5) is 23.1. The lowest BCUT2D eigenvalue weighted by molar-refractivity contribution is -0.114. The van der Waals surface area contributed by atoms with E-state index < -0.39 is 21.5 Å². The molecule has 6 nitrogen and oxygen atoms in total. The predicted octanol–water partition coefficient (Wildman–Crippen LogP) is 2.85. The van der Waals surface area contributed by atoms with Crippen LogP contribution in [0.3, 0.4) is 0 Å². The van der Waals surface area contributed by atoms with Crippen LogP contribution in [0.2, 0.25) is 5.02 Å². The van der Waals surface area contributed by atoms with E-state index in [4.69, 9.17) is 11.6 Å². The highest BCUT2D eigenvalue weighted by Gasteiger charge is 2.17. The minimum absolute atomic E-state index is 0.242. The monoisotopic (exact) mass is 380 g/mol. The maximum atomic E-state index is 12.1. The number of anilines is 2. The minimum atomic E-state index is -3.62. The lowest BCUT2D eigenvalue weighted by Gasteiger charge is -2.08. The van der Waals surface area contributed by atoms with Crippen LogP contribution in [0.5, 0.6) is 0 Å². The van der Waals surface area contributed by atoms with Crippen LogP contribution in [0, 0.1) is 0 Å². The summed E-state index contributed by atoms with van der Waals surface area (Å²) in [6.07, 6.45) is 0. The predicted molar refractivity (Wildman–Crippen MR) is 98.3 cm³/mol. The summed E-state index contributed by atoms with van der Waals surface area (Å²) in [5.41, 5.74) is 1.47. The third-order valence-electron chi connectivity index (χ3n) is 3.12. The minimum Gasteiger partial charge on any atom is -0.326 e. The van der Waals surface area contributed by atoms with Crippen molar-refractivity contribution >= 4 is 44.6 Å². The Morgan fingerprint density at radius 2 is 1.60 bits per heavy atom. The van der Waals surface area contributed by atoms with Crippen molar-refractivity contribution in [2.45, 2.75) is 12.7 Å². The molecular formula is C17H17ClN2O4S. The number of carbonyl (C=O) groups is 2. The van der Waals surface area contributed by atoms with E-state index in [-0.39, 0.29) is 11.7 Å². The van der Waals surface area contributed by atoms with Gasteiger partial charge in [-0.05, 0) is 35.9 Å². The van der Waals surface area contributed by atoms with Gasteiger partial charge in [0, 0.05) is 23.3 Å². The number of sulfone groups is 1. The van der Waals surface area contributed by atoms with Gasteiger partial charge in [-0.1, -0.05) is 29.8 Å². The Morgan fingerprint density at radius 1 is 1.00 bits per heavy atom. The zero-order valence-corrected chi connectivity index (χ0v) is 15.0. The number of hydrogen-bond donors (Lipinski definition) is 2. The van der Waals surface area contributed by atoms with Crippen molar-refractivity contribution in [3.8, 4) is 0 Å². The molecule has 2 rings (SSSR count). The molecule has 0 heterocycles. The van der Waals surface area contributed by atoms with Gasteiger partial charge < -0.3 is 10.6 Å². The molecule has 0 bridgehead atoms. The highest BCUT2D eigenvalue weighted by atomic mass is 35.5. The first-order chi connectivity index (χ1) is 11.7. The van der Waals surface area contributed by atoms with E-state index in [1.54, 1.807) is 48.5 Å². The fourth-order valence-electron chi connectivity index (χ4n) is 2.16. The van der Waals surface area contributed by atoms with Gasteiger partial charge in [0.25, 0.3) is 0 Å². The molecule has 2 amide bonds. The summed E-state index contributed by atoms with van der Waals surface area (Å²) < 4.78 is 24.3. The van der Waals surface area contributed by atoms with Gasteiger partial charge in [-0.2, -0.15) is 0 Å². The van der Waals surface area contributed by atoms with Gasteiger partial charge in [-0.25, -0.2) is 8.42 Å². The molecule has 0 saturated heterocycles. The molecule has 132 valence electrons. The van der Waals surface area contributed by atoms with E-state index in [1.807, 2.05) is 0 Å². The number of nitrogens with one attached hydrogen (secondary N) is 2. The lowest BCUT2D eigenvalue weighted by Crippen LogP contribution is -2.24. The molecule has 0 saturated carbocycles. The Hall–Kier alpha value is -2.38. The molecule has 2 N–H and O–H groups in total. The van der Waals surface area contributed by atoms with Crippen LogP contribution in [0.1, 0.15) is 12.5 Å². The number of halogens is 1. The van der Waals surface area contributed by atoms with Gasteiger partial charge in [0.15, 0.2) is 9.84 Å². The highest BCUT2D eigenvalue weighted by molar-refractivity contribution is 7.91. The largest absolute Gasteiger partial charge is 0.326 e. The first-order valence-electron chi connectivity index (χ1n) is 7.36. The maximum Gasteiger partial charge on any atom is 0.239 e. The number of rotatable bonds is 6. The summed E-state index contributed by atoms with van der Waals surface area (Å²) in [7, 11) is -3.62. The zero-order valence-electron chi connectivity index (χ0n) is 13.5. The summed E-state index contributed by atoms with van der Waals surface area (Å²) >= 11 is 5.76. The molecule has 0 atom stereocenters. The second kappa shape index (κ2) is 8.13. The molecule has 0 radical (unpaired) electrons. The van der Waals surface area contributed by atoms with Crippen LogP contribution in [-0.4, -0.2) is 26.0 Å². The van der Waals surface area contributed by atoms with Gasteiger partial charge in [-0.15, -0.1) is 0 Å². The van der Waals surface area contributed by atoms with Crippen molar-refractivity contribution in [3.05, 3.63) is 59.1 Å². The van der Waals surface area contributed by atoms with Crippen LogP contribution in [0.25, 0.3) is 0 Å². The quantitative estimate of drug-likeness (QED) is 0.805. The van der Waals surface area contributed by atoms with Crippen LogP contribution in [0.15, 0.2) is 48.5 Å². The van der Waals surface area contributed by atoms with Crippen molar-refractivity contribution in [2.24, 2.45) is 0 Å². The van der Waals surface area contributed by atoms with Gasteiger partial charge in [-0.3, -0.25) is 9.59 Å². The van der Waals surface area contributed by atoms with Gasteiger partial charge in [0.2, 0.25) is 11.8 Å². The molecule has 2 aromatic carbocycles. The van der Waals surface area contributed by atoms with Crippen LogP contribution >= 0.6 is 11.6 Å². The topological polar surface area (TPSA) is 92.3 Å². The van der Waals surface area contributed by atoms with E-state index in [1.165, 1.54) is 6.92 Å². The molecule has 0 aliphatic carbocycles. The third-order valence-corrected chi connectivity index (χ3v) is 4.84. The normalized spacial score (nSPS) is 11.0. The molecule has 0 unspecified atom stereocenters. The SMILES string of the molecule is CC(=O)Nc1cccc(NC(=O)CS(=O)(=O)Cc2ccc(Cl)cc2)c1. The number of benzene rings is 2. The first kappa shape index (κ1) is 19.0. The Morgan fingerprint density at radius 3 is 2.20 bits per heavy atom. The van der Waals surface area contributed by atoms with Crippen LogP contribution in [-0.2, 0) is 25.2 Å². The zero-order chi connectivity index (χ0) is 18.4. The number of carbonyl (C=O) groups excluding carboxylic acids is 2. The summed E-state index contributed by atoms with van der Waals surface area (Å²) in [5, 5.41) is 5.61. The fourth-order valence-corrected chi connectivity index (χ4v) is 3.56. The van der Waals surface area contributed by atoms with Gasteiger partial charge >= 0.3 is 0 Å². The van der Waals surface area contributed by atoms with Crippen molar-refractivity contribution in [3.63, 3.8) is 0 Å². The second-order valence-corrected chi connectivity index (χ2v) is 7.97. The Bertz CT molecular complexity index is 880. The van der Waals surface area contributed by atoms with Gasteiger partial charge in [0.1, 0.15) is 5.75 Å². The molecule has 0 spiro atoms. The van der Waals surface area contributed by atoms with Crippen molar-refractivity contribution in [1.82, 2.24) is 0 Å². The van der Waals surface area contributed by atoms with Crippen molar-refractivity contribution in [2.75, 3.05) is 16.4 Å². The van der Waals surface area contributed by atoms with E-state index in [0.717, 1.165) is 0 Å². The Labute approximate surface area is 151 Å². The summed E-state index contributed by atoms with van der Waals surface area (Å²) in [5.74, 6) is -1.77. The van der Waals surface area contributed by atoms with Crippen LogP contribution < -0.4 is 10.6 Å². The molecule has 2 aromatic rings. The average molecular weight is 381 g/mol. The Kier molecular flexibility index (Phi) is 6.17. The van der Waals surface area contributed by atoms with Crippen molar-refractivity contribution in [1.29, 1.82) is 0 Å². The average Bonchev–Trinajstić information content (AvgIpc) is 2.48. The van der Waals surface area contributed by atoms with Crippen LogP contribution in [0.4, 0.5) is 11.4 Å². The molecule has 0 aromatic heterocycles. The lowest BCUT2D eigenvalue weighted by atomic mass is 10.2. The second-order valence-electron chi connectivity index (χ2n) is 5.47. The van der Waals surface area contributed by atoms with Crippen molar-refractivity contribution < 1.29 is 18.0 Å². The molecule has 0 aliphatic rings. The maximum absolute atomic E-state index is 12.1. The molecular weight excluding hydrogens is 364 g/mol. The van der Waals surface area contributed by atoms with E-state index in [0.29, 0.717) is 22.0 Å². The Balaban J connectivity index is 1.99. The van der Waals surface area contributed by atoms with E-state index >= 15 is 0 Å².